The fourth-order valence-corrected chi connectivity index (χ4v) is 3.77. The molecule has 0 radical (unpaired) electrons. The van der Waals surface area contributed by atoms with Crippen molar-refractivity contribution in [3.8, 4) is 0 Å². The van der Waals surface area contributed by atoms with Crippen LogP contribution in [0.4, 0.5) is 13.2 Å². The number of alkyl halides is 3. The monoisotopic (exact) mass is 442 g/mol. The van der Waals surface area contributed by atoms with Gasteiger partial charge in [-0.05, 0) is 43.3 Å². The molecule has 0 saturated heterocycles. The molecule has 10 heteroatoms. The topological polar surface area (TPSA) is 60.7 Å². The zero-order chi connectivity index (χ0) is 21.2. The van der Waals surface area contributed by atoms with Gasteiger partial charge in [0.1, 0.15) is 6.54 Å². The first-order valence-corrected chi connectivity index (χ1v) is 9.59. The van der Waals surface area contributed by atoms with E-state index >= 15 is 0 Å². The molecule has 0 unspecified atom stereocenters. The number of aromatic nitrogens is 1. The van der Waals surface area contributed by atoms with Gasteiger partial charge in [0.2, 0.25) is 0 Å². The number of benzene rings is 2. The van der Waals surface area contributed by atoms with Crippen molar-refractivity contribution in [2.75, 3.05) is 6.61 Å². The summed E-state index contributed by atoms with van der Waals surface area (Å²) in [6.07, 6.45) is -4.57. The van der Waals surface area contributed by atoms with Crippen molar-refractivity contribution >= 4 is 45.0 Å². The summed E-state index contributed by atoms with van der Waals surface area (Å²) >= 11 is 7.14. The number of nitrogens with zero attached hydrogens (tertiary/aromatic N) is 2. The predicted molar refractivity (Wildman–Crippen MR) is 103 cm³/mol. The van der Waals surface area contributed by atoms with Crippen LogP contribution in [0.1, 0.15) is 22.8 Å². The molecule has 1 heterocycles. The Morgan fingerprint density at radius 2 is 1.97 bits per heavy atom. The van der Waals surface area contributed by atoms with Gasteiger partial charge in [-0.1, -0.05) is 29.0 Å². The van der Waals surface area contributed by atoms with Crippen molar-refractivity contribution < 1.29 is 27.5 Å². The van der Waals surface area contributed by atoms with Crippen LogP contribution in [0.5, 0.6) is 0 Å². The van der Waals surface area contributed by atoms with Gasteiger partial charge in [0, 0.05) is 10.6 Å². The normalized spacial score (nSPS) is 12.4. The Kier molecular flexibility index (Phi) is 6.09. The molecule has 0 aliphatic rings. The molecule has 1 aromatic heterocycles. The van der Waals surface area contributed by atoms with E-state index in [0.717, 1.165) is 29.5 Å². The first kappa shape index (κ1) is 21.1. The van der Waals surface area contributed by atoms with E-state index in [4.69, 9.17) is 16.3 Å². The van der Waals surface area contributed by atoms with Crippen molar-refractivity contribution in [2.45, 2.75) is 19.6 Å². The van der Waals surface area contributed by atoms with E-state index in [0.29, 0.717) is 15.2 Å². The molecule has 0 aliphatic heterocycles. The van der Waals surface area contributed by atoms with E-state index in [1.807, 2.05) is 0 Å². The zero-order valence-electron chi connectivity index (χ0n) is 15.0. The maximum atomic E-state index is 12.9. The lowest BCUT2D eigenvalue weighted by atomic mass is 10.1. The van der Waals surface area contributed by atoms with Gasteiger partial charge in [-0.2, -0.15) is 18.2 Å². The summed E-state index contributed by atoms with van der Waals surface area (Å²) in [5.41, 5.74) is -0.592. The summed E-state index contributed by atoms with van der Waals surface area (Å²) in [7, 11) is 0. The van der Waals surface area contributed by atoms with Crippen LogP contribution in [0, 0.1) is 0 Å². The summed E-state index contributed by atoms with van der Waals surface area (Å²) in [4.78, 5) is 28.6. The van der Waals surface area contributed by atoms with E-state index in [-0.39, 0.29) is 23.5 Å². The van der Waals surface area contributed by atoms with Gasteiger partial charge in [0.05, 0.1) is 22.4 Å². The fraction of sp³-hybridized carbons (Fsp3) is 0.211. The Bertz CT molecular complexity index is 1150. The van der Waals surface area contributed by atoms with Crippen molar-refractivity contribution in [3.63, 3.8) is 0 Å². The molecular weight excluding hydrogens is 429 g/mol. The number of ether oxygens (including phenoxy) is 1. The third-order valence-electron chi connectivity index (χ3n) is 3.87. The minimum atomic E-state index is -4.57. The number of rotatable bonds is 4. The molecule has 0 spiro atoms. The van der Waals surface area contributed by atoms with Gasteiger partial charge in [0.25, 0.3) is 5.91 Å². The third-order valence-corrected chi connectivity index (χ3v) is 5.16. The van der Waals surface area contributed by atoms with E-state index in [1.54, 1.807) is 25.1 Å². The van der Waals surface area contributed by atoms with Crippen LogP contribution < -0.4 is 4.80 Å². The molecule has 0 bridgehead atoms. The Labute approximate surface area is 172 Å². The van der Waals surface area contributed by atoms with Gasteiger partial charge < -0.3 is 9.30 Å². The summed E-state index contributed by atoms with van der Waals surface area (Å²) in [6, 6.07) is 8.97. The zero-order valence-corrected chi connectivity index (χ0v) is 16.6. The number of thiazole rings is 1. The Morgan fingerprint density at radius 1 is 1.21 bits per heavy atom. The van der Waals surface area contributed by atoms with Gasteiger partial charge >= 0.3 is 12.1 Å². The second-order valence-electron chi connectivity index (χ2n) is 5.88. The van der Waals surface area contributed by atoms with E-state index in [1.165, 1.54) is 10.6 Å². The molecule has 0 fully saturated rings. The number of carbonyl (C=O) groups excluding carboxylic acids is 2. The number of hydrogen-bond acceptors (Lipinski definition) is 4. The van der Waals surface area contributed by atoms with Crippen LogP contribution in [-0.4, -0.2) is 23.1 Å². The van der Waals surface area contributed by atoms with Crippen LogP contribution in [0.25, 0.3) is 10.2 Å². The van der Waals surface area contributed by atoms with Gasteiger partial charge in [-0.25, -0.2) is 0 Å². The lowest BCUT2D eigenvalue weighted by molar-refractivity contribution is -0.143. The number of hydrogen-bond donors (Lipinski definition) is 0. The molecule has 3 rings (SSSR count). The van der Waals surface area contributed by atoms with Crippen LogP contribution >= 0.6 is 22.9 Å². The molecule has 2 aromatic carbocycles. The Morgan fingerprint density at radius 3 is 2.66 bits per heavy atom. The SMILES string of the molecule is CCOC(=O)Cn1/c(=N/C(=O)c2cccc(C(F)(F)F)c2)sc2ccc(Cl)cc21. The lowest BCUT2D eigenvalue weighted by Gasteiger charge is -2.07. The Hall–Kier alpha value is -2.65. The highest BCUT2D eigenvalue weighted by atomic mass is 35.5. The van der Waals surface area contributed by atoms with Gasteiger partial charge in [0.15, 0.2) is 4.80 Å². The molecule has 0 aliphatic carbocycles. The summed E-state index contributed by atoms with van der Waals surface area (Å²) in [5.74, 6) is -1.40. The molecule has 0 saturated carbocycles. The highest BCUT2D eigenvalue weighted by Gasteiger charge is 2.30. The van der Waals surface area contributed by atoms with Gasteiger partial charge in [-0.15, -0.1) is 0 Å². The maximum Gasteiger partial charge on any atom is 0.416 e. The molecule has 0 atom stereocenters. The summed E-state index contributed by atoms with van der Waals surface area (Å²) in [6.45, 7) is 1.62. The standard InChI is InChI=1S/C19H14ClF3N2O3S/c1-2-28-16(26)10-25-14-9-13(20)6-7-15(14)29-18(25)24-17(27)11-4-3-5-12(8-11)19(21,22)23/h3-9H,2,10H2,1H3/b24-18-. The predicted octanol–water partition coefficient (Wildman–Crippen LogP) is 4.68. The van der Waals surface area contributed by atoms with Crippen LogP contribution in [0.2, 0.25) is 5.02 Å². The molecule has 29 heavy (non-hydrogen) atoms. The largest absolute Gasteiger partial charge is 0.465 e. The second kappa shape index (κ2) is 8.38. The van der Waals surface area contributed by atoms with Crippen LogP contribution in [-0.2, 0) is 22.3 Å². The van der Waals surface area contributed by atoms with Crippen LogP contribution in [0.15, 0.2) is 47.5 Å². The van der Waals surface area contributed by atoms with Crippen molar-refractivity contribution in [1.82, 2.24) is 4.57 Å². The summed E-state index contributed by atoms with van der Waals surface area (Å²) < 4.78 is 45.8. The quantitative estimate of drug-likeness (QED) is 0.551. The average molecular weight is 443 g/mol. The number of halogens is 4. The molecule has 5 nitrogen and oxygen atoms in total. The van der Waals surface area contributed by atoms with Crippen LogP contribution in [0.3, 0.4) is 0 Å². The third kappa shape index (κ3) is 4.86. The first-order chi connectivity index (χ1) is 13.7. The number of esters is 1. The Balaban J connectivity index is 2.09. The smallest absolute Gasteiger partial charge is 0.416 e. The second-order valence-corrected chi connectivity index (χ2v) is 7.33. The number of carbonyl (C=O) groups is 2. The first-order valence-electron chi connectivity index (χ1n) is 8.40. The molecule has 3 aromatic rings. The highest BCUT2D eigenvalue weighted by Crippen LogP contribution is 2.29. The molecule has 1 amide bonds. The van der Waals surface area contributed by atoms with Gasteiger partial charge in [-0.3, -0.25) is 9.59 Å². The highest BCUT2D eigenvalue weighted by molar-refractivity contribution is 7.16. The average Bonchev–Trinajstić information content (AvgIpc) is 2.98. The number of fused-ring (bicyclic) bond motifs is 1. The minimum Gasteiger partial charge on any atom is -0.465 e. The lowest BCUT2D eigenvalue weighted by Crippen LogP contribution is -2.23. The number of amides is 1. The summed E-state index contributed by atoms with van der Waals surface area (Å²) in [5, 5.41) is 0.420. The molecule has 0 N–H and O–H groups in total. The van der Waals surface area contributed by atoms with E-state index in [2.05, 4.69) is 4.99 Å². The fourth-order valence-electron chi connectivity index (χ4n) is 2.60. The van der Waals surface area contributed by atoms with Crippen molar-refractivity contribution in [3.05, 3.63) is 63.4 Å². The maximum absolute atomic E-state index is 12.9. The molecular formula is C19H14ClF3N2O3S. The minimum absolute atomic E-state index is 0.151. The van der Waals surface area contributed by atoms with Crippen molar-refractivity contribution in [2.24, 2.45) is 4.99 Å². The van der Waals surface area contributed by atoms with E-state index < -0.39 is 23.6 Å². The molecule has 152 valence electrons. The van der Waals surface area contributed by atoms with E-state index in [9.17, 15) is 22.8 Å². The van der Waals surface area contributed by atoms with Crippen molar-refractivity contribution in [1.29, 1.82) is 0 Å².